The number of anilines is 1. The molecule has 1 fully saturated rings. The molecular formula is C14H18ClNO. The van der Waals surface area contributed by atoms with Crippen molar-refractivity contribution in [3.63, 3.8) is 0 Å². The number of hydrogen-bond donors (Lipinski definition) is 0. The summed E-state index contributed by atoms with van der Waals surface area (Å²) in [6.45, 7) is 6.57. The molecule has 1 aliphatic heterocycles. The molecule has 0 aliphatic carbocycles. The van der Waals surface area contributed by atoms with E-state index in [-0.39, 0.29) is 0 Å². The molecule has 0 aromatic heterocycles. The first-order valence-electron chi connectivity index (χ1n) is 6.10. The van der Waals surface area contributed by atoms with Crippen molar-refractivity contribution in [2.45, 2.75) is 20.3 Å². The van der Waals surface area contributed by atoms with Crippen LogP contribution in [0.2, 0.25) is 5.02 Å². The Morgan fingerprint density at radius 2 is 1.94 bits per heavy atom. The standard InChI is InChI=1S/C14H18ClNO/c1-10-5-11(2)8-16(7-10)14-4-3-13(15)6-12(14)9-17/h3-4,6,9-11H,5,7-8H2,1-2H3. The second-order valence-corrected chi connectivity index (χ2v) is 5.61. The zero-order valence-electron chi connectivity index (χ0n) is 10.3. The van der Waals surface area contributed by atoms with Crippen molar-refractivity contribution in [2.75, 3.05) is 18.0 Å². The van der Waals surface area contributed by atoms with Crippen LogP contribution in [0, 0.1) is 11.8 Å². The van der Waals surface area contributed by atoms with Gasteiger partial charge >= 0.3 is 0 Å². The summed E-state index contributed by atoms with van der Waals surface area (Å²) in [6, 6.07) is 5.55. The number of benzene rings is 1. The number of carbonyl (C=O) groups excluding carboxylic acids is 1. The van der Waals surface area contributed by atoms with Crippen molar-refractivity contribution in [3.05, 3.63) is 28.8 Å². The van der Waals surface area contributed by atoms with Crippen LogP contribution in [0.4, 0.5) is 5.69 Å². The Bertz CT molecular complexity index is 409. The van der Waals surface area contributed by atoms with Gasteiger partial charge in [-0.05, 0) is 36.5 Å². The number of piperidine rings is 1. The highest BCUT2D eigenvalue weighted by Crippen LogP contribution is 2.29. The van der Waals surface area contributed by atoms with Crippen LogP contribution < -0.4 is 4.90 Å². The van der Waals surface area contributed by atoms with E-state index in [1.807, 2.05) is 12.1 Å². The SMILES string of the molecule is CC1CC(C)CN(c2ccc(Cl)cc2C=O)C1. The summed E-state index contributed by atoms with van der Waals surface area (Å²) in [5.41, 5.74) is 1.71. The topological polar surface area (TPSA) is 20.3 Å². The van der Waals surface area contributed by atoms with E-state index in [9.17, 15) is 4.79 Å². The van der Waals surface area contributed by atoms with Gasteiger partial charge in [0.05, 0.1) is 0 Å². The molecule has 0 saturated carbocycles. The zero-order chi connectivity index (χ0) is 12.4. The molecular weight excluding hydrogens is 234 g/mol. The molecule has 1 aromatic carbocycles. The van der Waals surface area contributed by atoms with E-state index in [0.29, 0.717) is 22.4 Å². The van der Waals surface area contributed by atoms with Crippen LogP contribution in [-0.2, 0) is 0 Å². The maximum Gasteiger partial charge on any atom is 0.152 e. The van der Waals surface area contributed by atoms with Crippen molar-refractivity contribution >= 4 is 23.6 Å². The third-order valence-electron chi connectivity index (χ3n) is 3.33. The Balaban J connectivity index is 2.29. The molecule has 92 valence electrons. The molecule has 0 radical (unpaired) electrons. The van der Waals surface area contributed by atoms with Gasteiger partial charge in [0.2, 0.25) is 0 Å². The van der Waals surface area contributed by atoms with Crippen LogP contribution >= 0.6 is 11.6 Å². The lowest BCUT2D eigenvalue weighted by Gasteiger charge is -2.37. The molecule has 1 aliphatic rings. The normalized spacial score (nSPS) is 24.8. The first-order valence-corrected chi connectivity index (χ1v) is 6.47. The van der Waals surface area contributed by atoms with Gasteiger partial charge in [0.25, 0.3) is 0 Å². The Hall–Kier alpha value is -1.02. The van der Waals surface area contributed by atoms with Gasteiger partial charge in [0, 0.05) is 29.4 Å². The third-order valence-corrected chi connectivity index (χ3v) is 3.56. The van der Waals surface area contributed by atoms with E-state index in [4.69, 9.17) is 11.6 Å². The third kappa shape index (κ3) is 2.81. The van der Waals surface area contributed by atoms with Crippen molar-refractivity contribution in [2.24, 2.45) is 11.8 Å². The summed E-state index contributed by atoms with van der Waals surface area (Å²) in [5.74, 6) is 1.35. The van der Waals surface area contributed by atoms with Crippen molar-refractivity contribution in [1.29, 1.82) is 0 Å². The second-order valence-electron chi connectivity index (χ2n) is 5.17. The molecule has 2 nitrogen and oxygen atoms in total. The lowest BCUT2D eigenvalue weighted by molar-refractivity contribution is 0.112. The maximum absolute atomic E-state index is 11.1. The second kappa shape index (κ2) is 5.09. The van der Waals surface area contributed by atoms with E-state index in [0.717, 1.165) is 25.1 Å². The average molecular weight is 252 g/mol. The molecule has 1 saturated heterocycles. The van der Waals surface area contributed by atoms with Gasteiger partial charge < -0.3 is 4.90 Å². The molecule has 1 heterocycles. The summed E-state index contributed by atoms with van der Waals surface area (Å²) >= 11 is 5.91. The van der Waals surface area contributed by atoms with E-state index < -0.39 is 0 Å². The molecule has 2 unspecified atom stereocenters. The van der Waals surface area contributed by atoms with Gasteiger partial charge in [-0.2, -0.15) is 0 Å². The number of rotatable bonds is 2. The predicted octanol–water partition coefficient (Wildman–Crippen LogP) is 3.63. The van der Waals surface area contributed by atoms with Gasteiger partial charge in [-0.15, -0.1) is 0 Å². The molecule has 2 atom stereocenters. The number of halogens is 1. The van der Waals surface area contributed by atoms with Crippen molar-refractivity contribution < 1.29 is 4.79 Å². The van der Waals surface area contributed by atoms with Gasteiger partial charge in [-0.3, -0.25) is 4.79 Å². The van der Waals surface area contributed by atoms with Crippen LogP contribution in [0.5, 0.6) is 0 Å². The molecule has 0 spiro atoms. The average Bonchev–Trinajstić information content (AvgIpc) is 2.27. The molecule has 0 N–H and O–H groups in total. The largest absolute Gasteiger partial charge is 0.370 e. The number of aldehydes is 1. The predicted molar refractivity (Wildman–Crippen MR) is 72.0 cm³/mol. The van der Waals surface area contributed by atoms with Crippen LogP contribution in [0.1, 0.15) is 30.6 Å². The first-order chi connectivity index (χ1) is 8.10. The highest BCUT2D eigenvalue weighted by atomic mass is 35.5. The van der Waals surface area contributed by atoms with Crippen LogP contribution in [-0.4, -0.2) is 19.4 Å². The van der Waals surface area contributed by atoms with Crippen molar-refractivity contribution in [1.82, 2.24) is 0 Å². The van der Waals surface area contributed by atoms with Crippen LogP contribution in [0.3, 0.4) is 0 Å². The lowest BCUT2D eigenvalue weighted by atomic mass is 9.91. The molecule has 17 heavy (non-hydrogen) atoms. The number of hydrogen-bond acceptors (Lipinski definition) is 2. The van der Waals surface area contributed by atoms with Crippen LogP contribution in [0.25, 0.3) is 0 Å². The van der Waals surface area contributed by atoms with Gasteiger partial charge in [-0.25, -0.2) is 0 Å². The fourth-order valence-electron chi connectivity index (χ4n) is 2.77. The van der Waals surface area contributed by atoms with Gasteiger partial charge in [0.15, 0.2) is 6.29 Å². The zero-order valence-corrected chi connectivity index (χ0v) is 11.1. The monoisotopic (exact) mass is 251 g/mol. The Labute approximate surface area is 108 Å². The Morgan fingerprint density at radius 1 is 1.29 bits per heavy atom. The van der Waals surface area contributed by atoms with Crippen molar-refractivity contribution in [3.8, 4) is 0 Å². The smallest absolute Gasteiger partial charge is 0.152 e. The molecule has 0 amide bonds. The summed E-state index contributed by atoms with van der Waals surface area (Å²) in [6.07, 6.45) is 2.16. The van der Waals surface area contributed by atoms with Gasteiger partial charge in [0.1, 0.15) is 0 Å². The minimum atomic E-state index is 0.619. The fraction of sp³-hybridized carbons (Fsp3) is 0.500. The van der Waals surface area contributed by atoms with E-state index in [1.54, 1.807) is 6.07 Å². The summed E-state index contributed by atoms with van der Waals surface area (Å²) < 4.78 is 0. The minimum Gasteiger partial charge on any atom is -0.370 e. The summed E-state index contributed by atoms with van der Waals surface area (Å²) in [7, 11) is 0. The molecule has 3 heteroatoms. The van der Waals surface area contributed by atoms with E-state index in [1.165, 1.54) is 6.42 Å². The molecule has 0 bridgehead atoms. The minimum absolute atomic E-state index is 0.619. The van der Waals surface area contributed by atoms with Crippen LogP contribution in [0.15, 0.2) is 18.2 Å². The fourth-order valence-corrected chi connectivity index (χ4v) is 2.95. The Morgan fingerprint density at radius 3 is 2.53 bits per heavy atom. The Kier molecular flexibility index (Phi) is 3.72. The number of nitrogens with zero attached hydrogens (tertiary/aromatic N) is 1. The number of carbonyl (C=O) groups is 1. The lowest BCUT2D eigenvalue weighted by Crippen LogP contribution is -2.39. The summed E-state index contributed by atoms with van der Waals surface area (Å²) in [4.78, 5) is 13.4. The molecule has 2 rings (SSSR count). The van der Waals surface area contributed by atoms with Gasteiger partial charge in [-0.1, -0.05) is 25.4 Å². The first kappa shape index (κ1) is 12.4. The maximum atomic E-state index is 11.1. The van der Waals surface area contributed by atoms with E-state index >= 15 is 0 Å². The quantitative estimate of drug-likeness (QED) is 0.748. The molecule has 1 aromatic rings. The summed E-state index contributed by atoms with van der Waals surface area (Å²) in [5, 5.41) is 0.619. The highest BCUT2D eigenvalue weighted by Gasteiger charge is 2.23. The van der Waals surface area contributed by atoms with E-state index in [2.05, 4.69) is 18.7 Å². The highest BCUT2D eigenvalue weighted by molar-refractivity contribution is 6.31.